The van der Waals surface area contributed by atoms with Crippen LogP contribution in [0.3, 0.4) is 0 Å². The molecule has 3 aromatic rings. The molecule has 1 aromatic heterocycles. The Balaban J connectivity index is 2.23. The first kappa shape index (κ1) is 30.7. The first-order valence-corrected chi connectivity index (χ1v) is 16.6. The van der Waals surface area contributed by atoms with Gasteiger partial charge in [-0.05, 0) is 57.4 Å². The number of thiophene rings is 1. The number of sulfonamides is 1. The van der Waals surface area contributed by atoms with Crippen LogP contribution in [0.1, 0.15) is 25.6 Å². The van der Waals surface area contributed by atoms with Gasteiger partial charge in [-0.1, -0.05) is 31.8 Å². The molecule has 0 spiro atoms. The molecule has 1 amide bonds. The molecular weight excluding hydrogens is 652 g/mol. The number of benzene rings is 2. The Morgan fingerprint density at radius 1 is 1.13 bits per heavy atom. The maximum atomic E-state index is 14.7. The summed E-state index contributed by atoms with van der Waals surface area (Å²) in [5.74, 6) is -0.340. The number of halogens is 1. The van der Waals surface area contributed by atoms with Crippen molar-refractivity contribution < 1.29 is 27.1 Å². The monoisotopic (exact) mass is 674 g/mol. The van der Waals surface area contributed by atoms with Gasteiger partial charge in [0.05, 0.1) is 28.7 Å². The number of hydrogen-bond donors (Lipinski definition) is 2. The first-order valence-electron chi connectivity index (χ1n) is 10.9. The van der Waals surface area contributed by atoms with Gasteiger partial charge in [-0.2, -0.15) is 8.42 Å². The molecule has 0 saturated heterocycles. The van der Waals surface area contributed by atoms with Crippen LogP contribution in [0.15, 0.2) is 81.7 Å². The number of ether oxygens (including phenoxy) is 1. The van der Waals surface area contributed by atoms with E-state index in [2.05, 4.69) is 25.0 Å². The Bertz CT molecular complexity index is 1690. The molecule has 0 aliphatic rings. The number of thioether (sulfide) groups is 1. The zero-order valence-electron chi connectivity index (χ0n) is 21.0. The molecule has 2 aromatic carbocycles. The molecule has 0 radical (unpaired) electrons. The predicted octanol–water partition coefficient (Wildman–Crippen LogP) is 6.27. The van der Waals surface area contributed by atoms with Crippen molar-refractivity contribution in [2.75, 3.05) is 6.26 Å². The smallest absolute Gasteiger partial charge is 0.413 e. The SMILES string of the molecule is CSc1sc(C(=N)NC(=O)OC(C)(C)C)cc1S(=O)(=NS(=O)(=O)c1cccc([N+](=O)[O-])c1)c1cccc(Br)c1. The standard InChI is InChI=1S/C23H23BrN4O7S4/c1-23(2,3)35-22(29)26-20(25)18-13-19(21(36-4)37-18)38(32,16-9-5-7-14(24)11-16)27-39(33,34)17-10-6-8-15(12-17)28(30)31/h5-13H,1-4H3,(H2,25,26,29). The molecule has 208 valence electrons. The van der Waals surface area contributed by atoms with Crippen LogP contribution >= 0.6 is 39.0 Å². The highest BCUT2D eigenvalue weighted by atomic mass is 79.9. The molecule has 16 heteroatoms. The number of amides is 1. The summed E-state index contributed by atoms with van der Waals surface area (Å²) in [5.41, 5.74) is -1.27. The number of hydrogen-bond acceptors (Lipinski definition) is 10. The predicted molar refractivity (Wildman–Crippen MR) is 154 cm³/mol. The lowest BCUT2D eigenvalue weighted by Crippen LogP contribution is -2.36. The van der Waals surface area contributed by atoms with Crippen LogP contribution in [0.2, 0.25) is 0 Å². The van der Waals surface area contributed by atoms with Crippen molar-refractivity contribution in [3.05, 3.63) is 74.1 Å². The van der Waals surface area contributed by atoms with Crippen molar-refractivity contribution in [2.24, 2.45) is 3.77 Å². The van der Waals surface area contributed by atoms with E-state index >= 15 is 0 Å². The van der Waals surface area contributed by atoms with Crippen LogP contribution < -0.4 is 5.32 Å². The molecule has 0 fully saturated rings. The van der Waals surface area contributed by atoms with Gasteiger partial charge in [-0.3, -0.25) is 20.8 Å². The summed E-state index contributed by atoms with van der Waals surface area (Å²) in [5, 5.41) is 21.9. The minimum absolute atomic E-state index is 0.0119. The minimum atomic E-state index is -4.68. The first-order chi connectivity index (χ1) is 18.1. The molecule has 0 aliphatic carbocycles. The van der Waals surface area contributed by atoms with Crippen LogP contribution in [0, 0.1) is 15.5 Å². The summed E-state index contributed by atoms with van der Waals surface area (Å²) in [6, 6.07) is 11.8. The van der Waals surface area contributed by atoms with E-state index in [4.69, 9.17) is 10.1 Å². The Morgan fingerprint density at radius 2 is 1.77 bits per heavy atom. The largest absolute Gasteiger partial charge is 0.444 e. The fourth-order valence-corrected chi connectivity index (χ4v) is 10.2. The molecule has 0 aliphatic heterocycles. The normalized spacial score (nSPS) is 13.3. The molecule has 11 nitrogen and oxygen atoms in total. The molecular formula is C23H23BrN4O7S4. The van der Waals surface area contributed by atoms with Crippen molar-refractivity contribution in [1.82, 2.24) is 5.32 Å². The highest BCUT2D eigenvalue weighted by Gasteiger charge is 2.29. The lowest BCUT2D eigenvalue weighted by molar-refractivity contribution is -0.385. The van der Waals surface area contributed by atoms with Crippen LogP contribution in [-0.2, 0) is 24.5 Å². The highest BCUT2D eigenvalue weighted by Crippen LogP contribution is 2.39. The van der Waals surface area contributed by atoms with Crippen molar-refractivity contribution in [2.45, 2.75) is 45.3 Å². The maximum absolute atomic E-state index is 14.7. The number of rotatable bonds is 7. The van der Waals surface area contributed by atoms with E-state index in [0.717, 1.165) is 41.3 Å². The number of nitro groups is 1. The van der Waals surface area contributed by atoms with Crippen LogP contribution in [0.4, 0.5) is 10.5 Å². The van der Waals surface area contributed by atoms with Gasteiger partial charge < -0.3 is 4.74 Å². The van der Waals surface area contributed by atoms with Crippen LogP contribution in [-0.4, -0.2) is 41.3 Å². The number of nitro benzene ring substituents is 1. The summed E-state index contributed by atoms with van der Waals surface area (Å²) in [6.45, 7) is 5.01. The topological polar surface area (TPSA) is 169 Å². The van der Waals surface area contributed by atoms with Gasteiger partial charge in [-0.25, -0.2) is 9.00 Å². The summed E-state index contributed by atoms with van der Waals surface area (Å²) in [4.78, 5) is 22.4. The van der Waals surface area contributed by atoms with E-state index in [1.54, 1.807) is 39.2 Å². The Kier molecular flexibility index (Phi) is 9.27. The average molecular weight is 676 g/mol. The van der Waals surface area contributed by atoms with Gasteiger partial charge >= 0.3 is 6.09 Å². The lowest BCUT2D eigenvalue weighted by atomic mass is 10.2. The van der Waals surface area contributed by atoms with Crippen molar-refractivity contribution >= 4 is 76.4 Å². The summed E-state index contributed by atoms with van der Waals surface area (Å²) >= 11 is 5.48. The summed E-state index contributed by atoms with van der Waals surface area (Å²) < 4.78 is 51.4. The fraction of sp³-hybridized carbons (Fsp3) is 0.217. The second-order valence-electron chi connectivity index (χ2n) is 8.76. The maximum Gasteiger partial charge on any atom is 0.413 e. The average Bonchev–Trinajstić information content (AvgIpc) is 3.28. The third-order valence-electron chi connectivity index (χ3n) is 4.67. The van der Waals surface area contributed by atoms with E-state index in [1.165, 1.54) is 24.3 Å². The van der Waals surface area contributed by atoms with Gasteiger partial charge in [0.25, 0.3) is 15.7 Å². The Morgan fingerprint density at radius 3 is 2.36 bits per heavy atom. The summed E-state index contributed by atoms with van der Waals surface area (Å²) in [7, 11) is -8.61. The summed E-state index contributed by atoms with van der Waals surface area (Å²) in [6.07, 6.45) is 0.818. The number of carbonyl (C=O) groups is 1. The molecule has 3 rings (SSSR count). The third kappa shape index (κ3) is 7.45. The molecule has 0 bridgehead atoms. The zero-order valence-corrected chi connectivity index (χ0v) is 25.8. The van der Waals surface area contributed by atoms with E-state index in [0.29, 0.717) is 8.68 Å². The van der Waals surface area contributed by atoms with Crippen LogP contribution in [0.25, 0.3) is 0 Å². The van der Waals surface area contributed by atoms with Gasteiger partial charge in [0.2, 0.25) is 0 Å². The van der Waals surface area contributed by atoms with E-state index in [-0.39, 0.29) is 20.5 Å². The van der Waals surface area contributed by atoms with Crippen molar-refractivity contribution in [3.63, 3.8) is 0 Å². The van der Waals surface area contributed by atoms with Crippen molar-refractivity contribution in [1.29, 1.82) is 5.41 Å². The number of amidine groups is 1. The Hall–Kier alpha value is -2.79. The second-order valence-corrected chi connectivity index (χ2v) is 15.8. The molecule has 0 saturated carbocycles. The van der Waals surface area contributed by atoms with Gasteiger partial charge in [0.15, 0.2) is 0 Å². The molecule has 2 N–H and O–H groups in total. The van der Waals surface area contributed by atoms with E-state index < -0.39 is 47.0 Å². The van der Waals surface area contributed by atoms with Crippen molar-refractivity contribution in [3.8, 4) is 0 Å². The fourth-order valence-electron chi connectivity index (χ4n) is 3.07. The quantitative estimate of drug-likeness (QED) is 0.0972. The van der Waals surface area contributed by atoms with E-state index in [9.17, 15) is 27.5 Å². The third-order valence-corrected chi connectivity index (χ3v) is 12.0. The minimum Gasteiger partial charge on any atom is -0.444 e. The number of carbonyl (C=O) groups excluding carboxylic acids is 1. The lowest BCUT2D eigenvalue weighted by Gasteiger charge is -2.19. The van der Waals surface area contributed by atoms with Crippen LogP contribution in [0.5, 0.6) is 0 Å². The Labute approximate surface area is 242 Å². The number of nitrogens with zero attached hydrogens (tertiary/aromatic N) is 2. The molecule has 1 atom stereocenters. The molecule has 1 heterocycles. The van der Waals surface area contributed by atoms with E-state index in [1.807, 2.05) is 0 Å². The van der Waals surface area contributed by atoms with Gasteiger partial charge in [0, 0.05) is 16.6 Å². The highest BCUT2D eigenvalue weighted by molar-refractivity contribution is 9.10. The number of nitrogens with one attached hydrogen (secondary N) is 2. The number of non-ortho nitro benzene ring substituents is 1. The van der Waals surface area contributed by atoms with Gasteiger partial charge in [-0.15, -0.1) is 23.1 Å². The molecule has 39 heavy (non-hydrogen) atoms. The number of alkyl carbamates (subject to hydrolysis) is 1. The second kappa shape index (κ2) is 11.8. The molecule has 1 unspecified atom stereocenters. The van der Waals surface area contributed by atoms with Gasteiger partial charge in [0.1, 0.15) is 21.2 Å². The zero-order chi connectivity index (χ0) is 29.2.